The summed E-state index contributed by atoms with van der Waals surface area (Å²) in [6.45, 7) is 4.63. The van der Waals surface area contributed by atoms with Crippen LogP contribution in [0, 0.1) is 5.41 Å². The third-order valence-electron chi connectivity index (χ3n) is 2.87. The van der Waals surface area contributed by atoms with Gasteiger partial charge in [0.1, 0.15) is 6.29 Å². The molecule has 0 aromatic carbocycles. The Morgan fingerprint density at radius 3 is 2.75 bits per heavy atom. The number of carbonyl (C=O) groups is 1. The van der Waals surface area contributed by atoms with E-state index in [1.165, 1.54) is 6.42 Å². The number of aldehydes is 1. The number of likely N-dealkylation sites (tertiary alicyclic amines) is 1. The molecule has 2 rings (SSSR count). The molecule has 2 saturated heterocycles. The minimum absolute atomic E-state index is 0.166. The molecule has 2 aliphatic heterocycles. The van der Waals surface area contributed by atoms with Gasteiger partial charge in [-0.25, -0.2) is 0 Å². The zero-order valence-corrected chi connectivity index (χ0v) is 7.29. The van der Waals surface area contributed by atoms with E-state index in [2.05, 4.69) is 4.90 Å². The van der Waals surface area contributed by atoms with Crippen LogP contribution in [0.4, 0.5) is 0 Å². The second-order valence-electron chi connectivity index (χ2n) is 3.91. The van der Waals surface area contributed by atoms with E-state index in [-0.39, 0.29) is 5.41 Å². The summed E-state index contributed by atoms with van der Waals surface area (Å²) in [7, 11) is 0. The number of hydrogen-bond donors (Lipinski definition) is 0. The van der Waals surface area contributed by atoms with Crippen LogP contribution in [0.3, 0.4) is 0 Å². The van der Waals surface area contributed by atoms with Crippen molar-refractivity contribution in [2.45, 2.75) is 12.8 Å². The molecule has 12 heavy (non-hydrogen) atoms. The van der Waals surface area contributed by atoms with Crippen molar-refractivity contribution in [3.8, 4) is 0 Å². The van der Waals surface area contributed by atoms with Gasteiger partial charge in [0, 0.05) is 13.2 Å². The van der Waals surface area contributed by atoms with Crippen LogP contribution < -0.4 is 0 Å². The van der Waals surface area contributed by atoms with Crippen LogP contribution in [0.5, 0.6) is 0 Å². The lowest BCUT2D eigenvalue weighted by atomic mass is 9.88. The summed E-state index contributed by atoms with van der Waals surface area (Å²) in [6.07, 6.45) is 3.29. The standard InChI is InChI=1S/C9H15NO2/c11-7-9(2-5-12-8-9)6-10-3-1-4-10/h7H,1-6,8H2. The van der Waals surface area contributed by atoms with Crippen molar-refractivity contribution in [1.29, 1.82) is 0 Å². The van der Waals surface area contributed by atoms with Gasteiger partial charge in [0.2, 0.25) is 0 Å². The minimum Gasteiger partial charge on any atom is -0.380 e. The number of hydrogen-bond acceptors (Lipinski definition) is 3. The van der Waals surface area contributed by atoms with Gasteiger partial charge >= 0.3 is 0 Å². The highest BCUT2D eigenvalue weighted by atomic mass is 16.5. The zero-order valence-electron chi connectivity index (χ0n) is 7.29. The summed E-state index contributed by atoms with van der Waals surface area (Å²) in [5, 5.41) is 0. The highest BCUT2D eigenvalue weighted by Crippen LogP contribution is 2.28. The molecule has 0 bridgehead atoms. The van der Waals surface area contributed by atoms with Gasteiger partial charge < -0.3 is 14.4 Å². The summed E-state index contributed by atoms with van der Waals surface area (Å²) in [4.78, 5) is 13.2. The van der Waals surface area contributed by atoms with Gasteiger partial charge in [-0.3, -0.25) is 0 Å². The fourth-order valence-electron chi connectivity index (χ4n) is 1.86. The maximum atomic E-state index is 10.9. The maximum absolute atomic E-state index is 10.9. The molecule has 0 aromatic heterocycles. The lowest BCUT2D eigenvalue weighted by Crippen LogP contribution is -2.46. The number of carbonyl (C=O) groups excluding carboxylic acids is 1. The monoisotopic (exact) mass is 169 g/mol. The van der Waals surface area contributed by atoms with Gasteiger partial charge in [-0.05, 0) is 25.9 Å². The largest absolute Gasteiger partial charge is 0.380 e. The topological polar surface area (TPSA) is 29.5 Å². The van der Waals surface area contributed by atoms with E-state index < -0.39 is 0 Å². The maximum Gasteiger partial charge on any atom is 0.129 e. The Bertz CT molecular complexity index is 171. The van der Waals surface area contributed by atoms with Gasteiger partial charge in [-0.1, -0.05) is 0 Å². The molecule has 0 saturated carbocycles. The second kappa shape index (κ2) is 3.15. The van der Waals surface area contributed by atoms with Gasteiger partial charge in [0.15, 0.2) is 0 Å². The average Bonchev–Trinajstić information content (AvgIpc) is 2.46. The van der Waals surface area contributed by atoms with Crippen molar-refractivity contribution in [1.82, 2.24) is 4.90 Å². The Kier molecular flexibility index (Phi) is 2.15. The average molecular weight is 169 g/mol. The van der Waals surface area contributed by atoms with Gasteiger partial charge in [0.25, 0.3) is 0 Å². The predicted octanol–water partition coefficient (Wildman–Crippen LogP) is 0.298. The van der Waals surface area contributed by atoms with E-state index >= 15 is 0 Å². The summed E-state index contributed by atoms with van der Waals surface area (Å²) < 4.78 is 5.26. The molecule has 0 aromatic rings. The second-order valence-corrected chi connectivity index (χ2v) is 3.91. The quantitative estimate of drug-likeness (QED) is 0.569. The fraction of sp³-hybridized carbons (Fsp3) is 0.889. The number of nitrogens with zero attached hydrogens (tertiary/aromatic N) is 1. The van der Waals surface area contributed by atoms with Crippen LogP contribution in [0.2, 0.25) is 0 Å². The first-order chi connectivity index (χ1) is 5.85. The van der Waals surface area contributed by atoms with Gasteiger partial charge in [0.05, 0.1) is 12.0 Å². The zero-order chi connectivity index (χ0) is 8.44. The molecule has 0 radical (unpaired) electrons. The first-order valence-electron chi connectivity index (χ1n) is 4.61. The molecule has 3 heteroatoms. The summed E-state index contributed by atoms with van der Waals surface area (Å²) in [5.41, 5.74) is -0.166. The Morgan fingerprint density at radius 2 is 2.33 bits per heavy atom. The van der Waals surface area contributed by atoms with Crippen LogP contribution >= 0.6 is 0 Å². The summed E-state index contributed by atoms with van der Waals surface area (Å²) in [5.74, 6) is 0. The van der Waals surface area contributed by atoms with E-state index in [1.54, 1.807) is 0 Å². The molecular formula is C9H15NO2. The SMILES string of the molecule is O=CC1(CN2CCC2)CCOC1. The highest BCUT2D eigenvalue weighted by Gasteiger charge is 2.37. The molecule has 0 N–H and O–H groups in total. The molecule has 0 spiro atoms. The molecule has 2 fully saturated rings. The van der Waals surface area contributed by atoms with E-state index in [0.717, 1.165) is 38.9 Å². The van der Waals surface area contributed by atoms with Crippen molar-refractivity contribution >= 4 is 6.29 Å². The molecule has 0 amide bonds. The Hall–Kier alpha value is -0.410. The smallest absolute Gasteiger partial charge is 0.129 e. The van der Waals surface area contributed by atoms with Gasteiger partial charge in [-0.15, -0.1) is 0 Å². The predicted molar refractivity (Wildman–Crippen MR) is 45.0 cm³/mol. The normalized spacial score (nSPS) is 36.3. The first-order valence-corrected chi connectivity index (χ1v) is 4.61. The van der Waals surface area contributed by atoms with Crippen LogP contribution in [0.25, 0.3) is 0 Å². The molecule has 3 nitrogen and oxygen atoms in total. The molecule has 0 aliphatic carbocycles. The van der Waals surface area contributed by atoms with Crippen LogP contribution in [0.15, 0.2) is 0 Å². The Morgan fingerprint density at radius 1 is 1.50 bits per heavy atom. The molecule has 2 aliphatic rings. The third-order valence-corrected chi connectivity index (χ3v) is 2.87. The Balaban J connectivity index is 1.91. The van der Waals surface area contributed by atoms with Crippen molar-refractivity contribution < 1.29 is 9.53 Å². The number of ether oxygens (including phenoxy) is 1. The first kappa shape index (κ1) is 8.20. The summed E-state index contributed by atoms with van der Waals surface area (Å²) in [6, 6.07) is 0. The molecule has 1 unspecified atom stereocenters. The molecule has 1 atom stereocenters. The lowest BCUT2D eigenvalue weighted by molar-refractivity contribution is -0.117. The molecule has 68 valence electrons. The number of rotatable bonds is 3. The van der Waals surface area contributed by atoms with Crippen molar-refractivity contribution in [2.75, 3.05) is 32.8 Å². The fourth-order valence-corrected chi connectivity index (χ4v) is 1.86. The van der Waals surface area contributed by atoms with E-state index in [0.29, 0.717) is 6.61 Å². The highest BCUT2D eigenvalue weighted by molar-refractivity contribution is 5.60. The summed E-state index contributed by atoms with van der Waals surface area (Å²) >= 11 is 0. The van der Waals surface area contributed by atoms with Crippen molar-refractivity contribution in [3.05, 3.63) is 0 Å². The van der Waals surface area contributed by atoms with E-state index in [9.17, 15) is 4.79 Å². The van der Waals surface area contributed by atoms with E-state index in [4.69, 9.17) is 4.74 Å². The third kappa shape index (κ3) is 1.39. The van der Waals surface area contributed by atoms with Crippen molar-refractivity contribution in [3.63, 3.8) is 0 Å². The van der Waals surface area contributed by atoms with E-state index in [1.807, 2.05) is 0 Å². The van der Waals surface area contributed by atoms with Crippen LogP contribution in [-0.2, 0) is 9.53 Å². The minimum atomic E-state index is -0.166. The van der Waals surface area contributed by atoms with Crippen LogP contribution in [0.1, 0.15) is 12.8 Å². The van der Waals surface area contributed by atoms with Gasteiger partial charge in [-0.2, -0.15) is 0 Å². The molecular weight excluding hydrogens is 154 g/mol. The van der Waals surface area contributed by atoms with Crippen molar-refractivity contribution in [2.24, 2.45) is 5.41 Å². The Labute approximate surface area is 72.7 Å². The lowest BCUT2D eigenvalue weighted by Gasteiger charge is -2.36. The molecule has 2 heterocycles. The van der Waals surface area contributed by atoms with Crippen LogP contribution in [-0.4, -0.2) is 44.0 Å².